The highest BCUT2D eigenvalue weighted by Gasteiger charge is 1.80. The molecule has 0 atom stereocenters. The van der Waals surface area contributed by atoms with Crippen LogP contribution in [0.4, 0.5) is 0 Å². The van der Waals surface area contributed by atoms with E-state index in [1.807, 2.05) is 0 Å². The summed E-state index contributed by atoms with van der Waals surface area (Å²) in [5, 5.41) is 3.21. The summed E-state index contributed by atoms with van der Waals surface area (Å²) in [7, 11) is 0. The van der Waals surface area contributed by atoms with Crippen LogP contribution in [0.3, 0.4) is 0 Å². The predicted molar refractivity (Wildman–Crippen MR) is 36.8 cm³/mol. The van der Waals surface area contributed by atoms with Crippen molar-refractivity contribution in [3.63, 3.8) is 0 Å². The van der Waals surface area contributed by atoms with Gasteiger partial charge in [-0.15, -0.1) is 0 Å². The van der Waals surface area contributed by atoms with Crippen molar-refractivity contribution in [2.75, 3.05) is 19.6 Å². The maximum Gasteiger partial charge on any atom is 0.00745 e. The number of unbranched alkanes of at least 4 members (excludes halogenated alkanes) is 1. The molecule has 0 aliphatic carbocycles. The average molecular weight is 116 g/mol. The van der Waals surface area contributed by atoms with Crippen molar-refractivity contribution in [1.29, 1.82) is 0 Å². The van der Waals surface area contributed by atoms with Crippen LogP contribution in [0.5, 0.6) is 0 Å². The van der Waals surface area contributed by atoms with E-state index in [-0.39, 0.29) is 0 Å². The SMILES string of the molecule is CCCCNCCN. The van der Waals surface area contributed by atoms with Crippen molar-refractivity contribution < 1.29 is 0 Å². The molecule has 0 aromatic rings. The molecule has 0 radical (unpaired) electrons. The molecule has 0 saturated heterocycles. The van der Waals surface area contributed by atoms with Crippen LogP contribution >= 0.6 is 0 Å². The minimum Gasteiger partial charge on any atom is -0.329 e. The molecule has 0 rings (SSSR count). The van der Waals surface area contributed by atoms with Gasteiger partial charge in [-0.2, -0.15) is 0 Å². The van der Waals surface area contributed by atoms with Crippen molar-refractivity contribution in [2.24, 2.45) is 5.73 Å². The lowest BCUT2D eigenvalue weighted by atomic mass is 10.3. The summed E-state index contributed by atoms with van der Waals surface area (Å²) >= 11 is 0. The molecule has 2 heteroatoms. The predicted octanol–water partition coefficient (Wildman–Crippen LogP) is 0.335. The Kier molecular flexibility index (Phi) is 6.85. The quantitative estimate of drug-likeness (QED) is 0.508. The molecule has 0 fully saturated rings. The summed E-state index contributed by atoms with van der Waals surface area (Å²) in [5.74, 6) is 0. The number of rotatable bonds is 5. The Morgan fingerprint density at radius 1 is 1.38 bits per heavy atom. The molecule has 0 aromatic heterocycles. The molecule has 0 aliphatic heterocycles. The molecule has 0 amide bonds. The summed E-state index contributed by atoms with van der Waals surface area (Å²) in [6.07, 6.45) is 2.53. The fraction of sp³-hybridized carbons (Fsp3) is 1.00. The lowest BCUT2D eigenvalue weighted by molar-refractivity contribution is 0.645. The average Bonchev–Trinajstić information content (AvgIpc) is 1.81. The lowest BCUT2D eigenvalue weighted by Crippen LogP contribution is -2.23. The third-order valence-corrected chi connectivity index (χ3v) is 1.03. The van der Waals surface area contributed by atoms with Crippen molar-refractivity contribution in [2.45, 2.75) is 19.8 Å². The van der Waals surface area contributed by atoms with Crippen molar-refractivity contribution in [3.8, 4) is 0 Å². The molecule has 50 valence electrons. The van der Waals surface area contributed by atoms with Crippen LogP contribution in [0.1, 0.15) is 19.8 Å². The highest BCUT2D eigenvalue weighted by atomic mass is 14.9. The lowest BCUT2D eigenvalue weighted by Gasteiger charge is -1.98. The van der Waals surface area contributed by atoms with Crippen LogP contribution in [-0.4, -0.2) is 19.6 Å². The zero-order chi connectivity index (χ0) is 6.24. The molecular weight excluding hydrogens is 100 g/mol. The van der Waals surface area contributed by atoms with E-state index < -0.39 is 0 Å². The van der Waals surface area contributed by atoms with Crippen LogP contribution in [0, 0.1) is 0 Å². The van der Waals surface area contributed by atoms with Gasteiger partial charge in [0.15, 0.2) is 0 Å². The molecule has 3 N–H and O–H groups in total. The fourth-order valence-corrected chi connectivity index (χ4v) is 0.529. The first-order valence-electron chi connectivity index (χ1n) is 3.32. The van der Waals surface area contributed by atoms with Gasteiger partial charge in [0.2, 0.25) is 0 Å². The molecule has 2 nitrogen and oxygen atoms in total. The van der Waals surface area contributed by atoms with Crippen LogP contribution in [0.25, 0.3) is 0 Å². The first kappa shape index (κ1) is 7.92. The summed E-state index contributed by atoms with van der Waals surface area (Å²) in [5.41, 5.74) is 5.25. The van der Waals surface area contributed by atoms with E-state index in [1.165, 1.54) is 12.8 Å². The monoisotopic (exact) mass is 116 g/mol. The van der Waals surface area contributed by atoms with Gasteiger partial charge < -0.3 is 11.1 Å². The Morgan fingerprint density at radius 2 is 2.12 bits per heavy atom. The Bertz CT molecular complexity index is 31.5. The maximum atomic E-state index is 5.25. The van der Waals surface area contributed by atoms with Gasteiger partial charge in [-0.05, 0) is 13.0 Å². The van der Waals surface area contributed by atoms with Crippen molar-refractivity contribution >= 4 is 0 Å². The Morgan fingerprint density at radius 3 is 2.62 bits per heavy atom. The van der Waals surface area contributed by atoms with Crippen LogP contribution < -0.4 is 11.1 Å². The van der Waals surface area contributed by atoms with Crippen molar-refractivity contribution in [1.82, 2.24) is 5.32 Å². The third-order valence-electron chi connectivity index (χ3n) is 1.03. The topological polar surface area (TPSA) is 38.0 Å². The van der Waals surface area contributed by atoms with E-state index in [4.69, 9.17) is 5.73 Å². The largest absolute Gasteiger partial charge is 0.329 e. The molecule has 0 heterocycles. The van der Waals surface area contributed by atoms with Gasteiger partial charge in [-0.1, -0.05) is 13.3 Å². The summed E-state index contributed by atoms with van der Waals surface area (Å²) < 4.78 is 0. The minimum absolute atomic E-state index is 0.754. The van der Waals surface area contributed by atoms with E-state index in [1.54, 1.807) is 0 Å². The summed E-state index contributed by atoms with van der Waals surface area (Å²) in [6.45, 7) is 5.02. The molecule has 8 heavy (non-hydrogen) atoms. The molecule has 0 saturated carbocycles. The first-order chi connectivity index (χ1) is 3.91. The van der Waals surface area contributed by atoms with Crippen LogP contribution in [-0.2, 0) is 0 Å². The molecule has 0 unspecified atom stereocenters. The van der Waals surface area contributed by atoms with Gasteiger partial charge >= 0.3 is 0 Å². The van der Waals surface area contributed by atoms with E-state index in [0.717, 1.165) is 19.6 Å². The van der Waals surface area contributed by atoms with Gasteiger partial charge in [0.1, 0.15) is 0 Å². The maximum absolute atomic E-state index is 5.25. The van der Waals surface area contributed by atoms with Gasteiger partial charge in [0.05, 0.1) is 0 Å². The second kappa shape index (κ2) is 6.92. The van der Waals surface area contributed by atoms with E-state index >= 15 is 0 Å². The normalized spacial score (nSPS) is 9.75. The van der Waals surface area contributed by atoms with Gasteiger partial charge in [0.25, 0.3) is 0 Å². The van der Waals surface area contributed by atoms with Gasteiger partial charge in [-0.25, -0.2) is 0 Å². The van der Waals surface area contributed by atoms with Crippen LogP contribution in [0.2, 0.25) is 0 Å². The van der Waals surface area contributed by atoms with E-state index in [2.05, 4.69) is 12.2 Å². The first-order valence-corrected chi connectivity index (χ1v) is 3.32. The van der Waals surface area contributed by atoms with Gasteiger partial charge in [0, 0.05) is 13.1 Å². The molecule has 0 aromatic carbocycles. The molecular formula is C6H16N2. The summed E-state index contributed by atoms with van der Waals surface area (Å²) in [4.78, 5) is 0. The molecule has 0 spiro atoms. The standard InChI is InChI=1S/C6H16N2/c1-2-3-5-8-6-4-7/h8H,2-7H2,1H3. The minimum atomic E-state index is 0.754. The molecule has 0 bridgehead atoms. The Hall–Kier alpha value is -0.0800. The number of nitrogens with one attached hydrogen (secondary N) is 1. The summed E-state index contributed by atoms with van der Waals surface area (Å²) in [6, 6.07) is 0. The molecule has 0 aliphatic rings. The number of hydrogen-bond donors (Lipinski definition) is 2. The Labute approximate surface area is 51.5 Å². The van der Waals surface area contributed by atoms with Crippen LogP contribution in [0.15, 0.2) is 0 Å². The Balaban J connectivity index is 2.53. The van der Waals surface area contributed by atoms with Crippen molar-refractivity contribution in [3.05, 3.63) is 0 Å². The zero-order valence-corrected chi connectivity index (χ0v) is 5.61. The number of hydrogen-bond acceptors (Lipinski definition) is 2. The van der Waals surface area contributed by atoms with Gasteiger partial charge in [-0.3, -0.25) is 0 Å². The smallest absolute Gasteiger partial charge is 0.00745 e. The highest BCUT2D eigenvalue weighted by Crippen LogP contribution is 1.80. The second-order valence-electron chi connectivity index (χ2n) is 1.89. The van der Waals surface area contributed by atoms with E-state index in [0.29, 0.717) is 0 Å². The van der Waals surface area contributed by atoms with E-state index in [9.17, 15) is 0 Å². The second-order valence-corrected chi connectivity index (χ2v) is 1.89. The zero-order valence-electron chi connectivity index (χ0n) is 5.61. The fourth-order valence-electron chi connectivity index (χ4n) is 0.529. The number of nitrogens with two attached hydrogens (primary N) is 1. The third kappa shape index (κ3) is 5.92. The highest BCUT2D eigenvalue weighted by molar-refractivity contribution is 4.45.